The van der Waals surface area contributed by atoms with Crippen LogP contribution in [-0.4, -0.2) is 14.6 Å². The summed E-state index contributed by atoms with van der Waals surface area (Å²) >= 11 is 7.59. The van der Waals surface area contributed by atoms with E-state index in [4.69, 9.17) is 16.3 Å². The molecule has 0 aliphatic heterocycles. The standard InChI is InChI=1S/C25H18ClN3O2S/c1-16-6-8-18(9-7-16)15-31-19-12-10-17(11-13-19)14-22-24(30)29-23(27-28-25(29)32-22)20-4-2-3-5-21(20)26/h2-14H,15H2,1H3. The van der Waals surface area contributed by atoms with E-state index in [-0.39, 0.29) is 5.56 Å². The first-order valence-corrected chi connectivity index (χ1v) is 11.2. The summed E-state index contributed by atoms with van der Waals surface area (Å²) in [5, 5.41) is 8.86. The lowest BCUT2D eigenvalue weighted by Gasteiger charge is -2.06. The van der Waals surface area contributed by atoms with Crippen LogP contribution in [0.25, 0.3) is 22.4 Å². The Hall–Kier alpha value is -3.48. The van der Waals surface area contributed by atoms with Crippen molar-refractivity contribution in [2.24, 2.45) is 0 Å². The van der Waals surface area contributed by atoms with E-state index in [2.05, 4.69) is 41.4 Å². The van der Waals surface area contributed by atoms with E-state index in [0.29, 0.717) is 32.5 Å². The van der Waals surface area contributed by atoms with Crippen LogP contribution in [0.1, 0.15) is 16.7 Å². The molecule has 0 spiro atoms. The van der Waals surface area contributed by atoms with E-state index < -0.39 is 0 Å². The van der Waals surface area contributed by atoms with Crippen LogP contribution in [0, 0.1) is 6.92 Å². The number of nitrogens with zero attached hydrogens (tertiary/aromatic N) is 3. The molecule has 0 radical (unpaired) electrons. The van der Waals surface area contributed by atoms with E-state index >= 15 is 0 Å². The van der Waals surface area contributed by atoms with Gasteiger partial charge in [-0.15, -0.1) is 10.2 Å². The van der Waals surface area contributed by atoms with Gasteiger partial charge >= 0.3 is 0 Å². The topological polar surface area (TPSA) is 56.5 Å². The van der Waals surface area contributed by atoms with Crippen molar-refractivity contribution in [1.29, 1.82) is 0 Å². The number of hydrogen-bond acceptors (Lipinski definition) is 5. The van der Waals surface area contributed by atoms with Crippen LogP contribution in [0.15, 0.2) is 77.6 Å². The summed E-state index contributed by atoms with van der Waals surface area (Å²) in [4.78, 5) is 13.6. The second-order valence-electron chi connectivity index (χ2n) is 7.38. The largest absolute Gasteiger partial charge is 0.489 e. The van der Waals surface area contributed by atoms with Gasteiger partial charge < -0.3 is 4.74 Å². The molecule has 0 atom stereocenters. The highest BCUT2D eigenvalue weighted by Crippen LogP contribution is 2.26. The predicted octanol–water partition coefficient (Wildman–Crippen LogP) is 4.91. The van der Waals surface area contributed by atoms with E-state index in [1.165, 1.54) is 21.3 Å². The van der Waals surface area contributed by atoms with Gasteiger partial charge in [-0.1, -0.05) is 77.0 Å². The molecule has 0 unspecified atom stereocenters. The molecular formula is C25H18ClN3O2S. The van der Waals surface area contributed by atoms with Crippen molar-refractivity contribution in [2.75, 3.05) is 0 Å². The first-order valence-electron chi connectivity index (χ1n) is 10.0. The molecule has 0 amide bonds. The molecule has 3 aromatic carbocycles. The maximum absolute atomic E-state index is 13.0. The normalized spacial score (nSPS) is 11.9. The van der Waals surface area contributed by atoms with Crippen molar-refractivity contribution in [3.05, 3.63) is 109 Å². The quantitative estimate of drug-likeness (QED) is 0.375. The van der Waals surface area contributed by atoms with Gasteiger partial charge in [-0.05, 0) is 48.4 Å². The first kappa shape index (κ1) is 20.4. The van der Waals surface area contributed by atoms with Crippen molar-refractivity contribution >= 4 is 34.0 Å². The van der Waals surface area contributed by atoms with Crippen LogP contribution in [0.2, 0.25) is 5.02 Å². The molecule has 5 rings (SSSR count). The van der Waals surface area contributed by atoms with Gasteiger partial charge in [0.1, 0.15) is 12.4 Å². The SMILES string of the molecule is Cc1ccc(COc2ccc(C=c3sc4nnc(-c5ccccc5Cl)n4c3=O)cc2)cc1. The average Bonchev–Trinajstić information content (AvgIpc) is 3.35. The van der Waals surface area contributed by atoms with Crippen molar-refractivity contribution in [2.45, 2.75) is 13.5 Å². The fourth-order valence-corrected chi connectivity index (χ4v) is 4.48. The Bertz CT molecular complexity index is 1510. The Morgan fingerprint density at radius 3 is 2.50 bits per heavy atom. The van der Waals surface area contributed by atoms with Crippen LogP contribution in [0.3, 0.4) is 0 Å². The van der Waals surface area contributed by atoms with Crippen LogP contribution in [-0.2, 0) is 6.61 Å². The molecule has 158 valence electrons. The van der Waals surface area contributed by atoms with Crippen LogP contribution >= 0.6 is 22.9 Å². The molecular weight excluding hydrogens is 442 g/mol. The Morgan fingerprint density at radius 2 is 1.75 bits per heavy atom. The van der Waals surface area contributed by atoms with Crippen molar-refractivity contribution in [1.82, 2.24) is 14.6 Å². The minimum Gasteiger partial charge on any atom is -0.489 e. The summed E-state index contributed by atoms with van der Waals surface area (Å²) in [5.74, 6) is 1.22. The van der Waals surface area contributed by atoms with Crippen molar-refractivity contribution < 1.29 is 4.74 Å². The predicted molar refractivity (Wildman–Crippen MR) is 128 cm³/mol. The summed E-state index contributed by atoms with van der Waals surface area (Å²) in [5.41, 5.74) is 3.76. The molecule has 2 aromatic heterocycles. The fourth-order valence-electron chi connectivity index (χ4n) is 3.34. The number of thiazole rings is 1. The molecule has 0 aliphatic rings. The molecule has 7 heteroatoms. The molecule has 32 heavy (non-hydrogen) atoms. The van der Waals surface area contributed by atoms with E-state index in [1.807, 2.05) is 48.5 Å². The lowest BCUT2D eigenvalue weighted by atomic mass is 10.2. The highest BCUT2D eigenvalue weighted by Gasteiger charge is 2.16. The number of hydrogen-bond donors (Lipinski definition) is 0. The maximum atomic E-state index is 13.0. The summed E-state index contributed by atoms with van der Waals surface area (Å²) in [7, 11) is 0. The van der Waals surface area contributed by atoms with Gasteiger partial charge in [-0.25, -0.2) is 4.40 Å². The summed E-state index contributed by atoms with van der Waals surface area (Å²) < 4.78 is 7.96. The Morgan fingerprint density at radius 1 is 1.00 bits per heavy atom. The van der Waals surface area contributed by atoms with Gasteiger partial charge in [0.05, 0.1) is 9.55 Å². The molecule has 0 fully saturated rings. The Kier molecular flexibility index (Phi) is 5.47. The second kappa shape index (κ2) is 8.57. The minimum absolute atomic E-state index is 0.162. The molecule has 2 heterocycles. The third-order valence-electron chi connectivity index (χ3n) is 5.07. The summed E-state index contributed by atoms with van der Waals surface area (Å²) in [6, 6.07) is 23.2. The van der Waals surface area contributed by atoms with Gasteiger partial charge in [0.15, 0.2) is 5.82 Å². The molecule has 0 saturated heterocycles. The van der Waals surface area contributed by atoms with E-state index in [1.54, 1.807) is 6.07 Å². The number of aryl methyl sites for hydroxylation is 1. The third kappa shape index (κ3) is 4.02. The van der Waals surface area contributed by atoms with Crippen LogP contribution < -0.4 is 14.8 Å². The van der Waals surface area contributed by atoms with Crippen LogP contribution in [0.4, 0.5) is 0 Å². The lowest BCUT2D eigenvalue weighted by molar-refractivity contribution is 0.306. The highest BCUT2D eigenvalue weighted by molar-refractivity contribution is 7.15. The van der Waals surface area contributed by atoms with Gasteiger partial charge in [-0.2, -0.15) is 0 Å². The Labute approximate surface area is 193 Å². The van der Waals surface area contributed by atoms with Gasteiger partial charge in [0, 0.05) is 5.56 Å². The maximum Gasteiger partial charge on any atom is 0.276 e. The zero-order chi connectivity index (χ0) is 22.1. The number of halogens is 1. The second-order valence-corrected chi connectivity index (χ2v) is 8.80. The smallest absolute Gasteiger partial charge is 0.276 e. The Balaban J connectivity index is 1.41. The summed E-state index contributed by atoms with van der Waals surface area (Å²) in [6.07, 6.45) is 1.85. The highest BCUT2D eigenvalue weighted by atomic mass is 35.5. The van der Waals surface area contributed by atoms with Gasteiger partial charge in [0.2, 0.25) is 4.96 Å². The summed E-state index contributed by atoms with van der Waals surface area (Å²) in [6.45, 7) is 2.57. The van der Waals surface area contributed by atoms with Crippen molar-refractivity contribution in [3.63, 3.8) is 0 Å². The zero-order valence-corrected chi connectivity index (χ0v) is 18.7. The number of ether oxygens (including phenoxy) is 1. The molecule has 0 aliphatic carbocycles. The number of benzene rings is 3. The molecule has 5 nitrogen and oxygen atoms in total. The lowest BCUT2D eigenvalue weighted by Crippen LogP contribution is -2.23. The van der Waals surface area contributed by atoms with E-state index in [0.717, 1.165) is 16.9 Å². The number of rotatable bonds is 5. The first-order chi connectivity index (χ1) is 15.6. The van der Waals surface area contributed by atoms with Crippen molar-refractivity contribution in [3.8, 4) is 17.1 Å². The molecule has 0 saturated carbocycles. The monoisotopic (exact) mass is 459 g/mol. The van der Waals surface area contributed by atoms with Gasteiger partial charge in [-0.3, -0.25) is 4.79 Å². The van der Waals surface area contributed by atoms with E-state index in [9.17, 15) is 4.79 Å². The number of aromatic nitrogens is 3. The fraction of sp³-hybridized carbons (Fsp3) is 0.0800. The molecule has 0 bridgehead atoms. The molecule has 0 N–H and O–H groups in total. The van der Waals surface area contributed by atoms with Gasteiger partial charge in [0.25, 0.3) is 5.56 Å². The average molecular weight is 460 g/mol. The minimum atomic E-state index is -0.162. The van der Waals surface area contributed by atoms with Crippen LogP contribution in [0.5, 0.6) is 5.75 Å². The molecule has 5 aromatic rings. The number of fused-ring (bicyclic) bond motifs is 1. The third-order valence-corrected chi connectivity index (χ3v) is 6.36. The zero-order valence-electron chi connectivity index (χ0n) is 17.2.